The molecule has 1 aliphatic rings. The van der Waals surface area contributed by atoms with E-state index in [1.807, 2.05) is 0 Å². The normalized spacial score (nSPS) is 18.1. The van der Waals surface area contributed by atoms with Gasteiger partial charge in [-0.25, -0.2) is 4.79 Å². The van der Waals surface area contributed by atoms with Crippen molar-refractivity contribution >= 4 is 11.9 Å². The van der Waals surface area contributed by atoms with E-state index in [4.69, 9.17) is 23.7 Å². The number of cyclic esters (lactones) is 1. The van der Waals surface area contributed by atoms with Crippen LogP contribution in [0.2, 0.25) is 0 Å². The van der Waals surface area contributed by atoms with Crippen LogP contribution in [0.25, 0.3) is 0 Å². The predicted octanol–water partition coefficient (Wildman–Crippen LogP) is 3.26. The smallest absolute Gasteiger partial charge is 0.333 e. The van der Waals surface area contributed by atoms with Crippen molar-refractivity contribution in [3.63, 3.8) is 0 Å². The van der Waals surface area contributed by atoms with Crippen LogP contribution in [0.15, 0.2) is 11.6 Å². The number of methoxy groups -OCH3 is 2. The van der Waals surface area contributed by atoms with E-state index in [-0.39, 0.29) is 25.2 Å². The van der Waals surface area contributed by atoms with Gasteiger partial charge in [-0.2, -0.15) is 0 Å². The van der Waals surface area contributed by atoms with Gasteiger partial charge in [-0.05, 0) is 6.42 Å². The van der Waals surface area contributed by atoms with Gasteiger partial charge in [0.05, 0.1) is 18.8 Å². The van der Waals surface area contributed by atoms with Crippen molar-refractivity contribution in [2.24, 2.45) is 0 Å². The van der Waals surface area contributed by atoms with Crippen molar-refractivity contribution in [2.45, 2.75) is 83.2 Å². The number of carbonyl (C=O) groups is 2. The third-order valence-electron chi connectivity index (χ3n) is 5.02. The lowest BCUT2D eigenvalue weighted by atomic mass is 10.1. The summed E-state index contributed by atoms with van der Waals surface area (Å²) in [5, 5.41) is 10.0. The van der Waals surface area contributed by atoms with Crippen LogP contribution in [0.5, 0.6) is 0 Å². The van der Waals surface area contributed by atoms with E-state index in [1.54, 1.807) is 0 Å². The van der Waals surface area contributed by atoms with Crippen LogP contribution in [0.1, 0.15) is 71.1 Å². The van der Waals surface area contributed by atoms with Gasteiger partial charge in [0.2, 0.25) is 6.29 Å². The molecule has 0 radical (unpaired) electrons. The standard InChI is InChI=1S/C22H38O8/c1-4-5-6-7-8-9-10-11-12-13-19(23)30-22(27-3,17-28-15-14-26-2)18-16-20(24)29-21(18)25/h16,21,25H,4-15,17H2,1-3H3. The lowest BCUT2D eigenvalue weighted by Crippen LogP contribution is -2.46. The molecule has 0 bridgehead atoms. The van der Waals surface area contributed by atoms with Crippen LogP contribution < -0.4 is 0 Å². The summed E-state index contributed by atoms with van der Waals surface area (Å²) in [6, 6.07) is 0. The average Bonchev–Trinajstić information content (AvgIpc) is 3.07. The Morgan fingerprint density at radius 3 is 2.23 bits per heavy atom. The zero-order chi connectivity index (χ0) is 22.2. The molecule has 1 rings (SSSR count). The fourth-order valence-corrected chi connectivity index (χ4v) is 3.26. The third-order valence-corrected chi connectivity index (χ3v) is 5.02. The summed E-state index contributed by atoms with van der Waals surface area (Å²) in [6.45, 7) is 2.58. The highest BCUT2D eigenvalue weighted by Crippen LogP contribution is 2.31. The Hall–Kier alpha value is -1.48. The van der Waals surface area contributed by atoms with Gasteiger partial charge in [0.1, 0.15) is 6.61 Å². The second-order valence-electron chi connectivity index (χ2n) is 7.44. The Morgan fingerprint density at radius 2 is 1.70 bits per heavy atom. The Kier molecular flexibility index (Phi) is 13.6. The van der Waals surface area contributed by atoms with Gasteiger partial charge < -0.3 is 28.8 Å². The largest absolute Gasteiger partial charge is 0.428 e. The van der Waals surface area contributed by atoms with Gasteiger partial charge in [-0.15, -0.1) is 0 Å². The van der Waals surface area contributed by atoms with Crippen molar-refractivity contribution in [1.29, 1.82) is 0 Å². The van der Waals surface area contributed by atoms with E-state index in [9.17, 15) is 14.7 Å². The van der Waals surface area contributed by atoms with Crippen LogP contribution >= 0.6 is 0 Å². The zero-order valence-corrected chi connectivity index (χ0v) is 18.7. The summed E-state index contributed by atoms with van der Waals surface area (Å²) >= 11 is 0. The van der Waals surface area contributed by atoms with Gasteiger partial charge in [0.25, 0.3) is 5.79 Å². The molecule has 30 heavy (non-hydrogen) atoms. The molecular weight excluding hydrogens is 392 g/mol. The van der Waals surface area contributed by atoms with Crippen molar-refractivity contribution < 1.29 is 38.4 Å². The number of aliphatic hydroxyl groups is 1. The molecule has 0 aliphatic carbocycles. The van der Waals surface area contributed by atoms with Crippen LogP contribution in [0.3, 0.4) is 0 Å². The summed E-state index contributed by atoms with van der Waals surface area (Å²) in [4.78, 5) is 24.0. The minimum atomic E-state index is -1.73. The van der Waals surface area contributed by atoms with E-state index in [1.165, 1.54) is 52.7 Å². The Labute approximate surface area is 179 Å². The Balaban J connectivity index is 2.50. The maximum absolute atomic E-state index is 12.4. The van der Waals surface area contributed by atoms with Gasteiger partial charge in [0, 0.05) is 26.7 Å². The molecule has 0 fully saturated rings. The fraction of sp³-hybridized carbons (Fsp3) is 0.818. The minimum Gasteiger partial charge on any atom is -0.428 e. The fourth-order valence-electron chi connectivity index (χ4n) is 3.26. The number of ether oxygens (including phenoxy) is 5. The zero-order valence-electron chi connectivity index (χ0n) is 18.7. The minimum absolute atomic E-state index is 0.00726. The van der Waals surface area contributed by atoms with E-state index in [0.717, 1.165) is 18.9 Å². The van der Waals surface area contributed by atoms with Gasteiger partial charge in [-0.3, -0.25) is 4.79 Å². The average molecular weight is 431 g/mol. The highest BCUT2D eigenvalue weighted by Gasteiger charge is 2.47. The van der Waals surface area contributed by atoms with Crippen LogP contribution in [-0.4, -0.2) is 63.2 Å². The monoisotopic (exact) mass is 430 g/mol. The molecule has 174 valence electrons. The molecule has 1 N–H and O–H groups in total. The maximum Gasteiger partial charge on any atom is 0.333 e. The molecule has 0 aromatic rings. The molecule has 8 nitrogen and oxygen atoms in total. The molecule has 0 aromatic heterocycles. The van der Waals surface area contributed by atoms with Crippen molar-refractivity contribution in [3.8, 4) is 0 Å². The summed E-state index contributed by atoms with van der Waals surface area (Å²) in [7, 11) is 2.86. The summed E-state index contributed by atoms with van der Waals surface area (Å²) < 4.78 is 26.1. The molecule has 1 heterocycles. The molecule has 0 amide bonds. The molecule has 2 unspecified atom stereocenters. The number of hydrogen-bond acceptors (Lipinski definition) is 8. The lowest BCUT2D eigenvalue weighted by molar-refractivity contribution is -0.233. The number of hydrogen-bond donors (Lipinski definition) is 1. The van der Waals surface area contributed by atoms with Crippen LogP contribution in [0.4, 0.5) is 0 Å². The number of carbonyl (C=O) groups excluding carboxylic acids is 2. The topological polar surface area (TPSA) is 101 Å². The first-order valence-electron chi connectivity index (χ1n) is 10.9. The second-order valence-corrected chi connectivity index (χ2v) is 7.44. The van der Waals surface area contributed by atoms with E-state index in [2.05, 4.69) is 6.92 Å². The number of esters is 2. The number of rotatable bonds is 18. The molecule has 0 saturated carbocycles. The number of unbranched alkanes of at least 4 members (excludes halogenated alkanes) is 8. The maximum atomic E-state index is 12.4. The van der Waals surface area contributed by atoms with Gasteiger partial charge in [-0.1, -0.05) is 58.3 Å². The Bertz CT molecular complexity index is 533. The third kappa shape index (κ3) is 9.55. The predicted molar refractivity (Wildman–Crippen MR) is 111 cm³/mol. The van der Waals surface area contributed by atoms with E-state index < -0.39 is 24.0 Å². The SMILES string of the molecule is CCCCCCCCCCCC(=O)OC(COCCOC)(OC)C1=CC(=O)OC1O. The molecule has 2 atom stereocenters. The van der Waals surface area contributed by atoms with Crippen molar-refractivity contribution in [2.75, 3.05) is 34.0 Å². The summed E-state index contributed by atoms with van der Waals surface area (Å²) in [6.07, 6.45) is 9.98. The van der Waals surface area contributed by atoms with Crippen molar-refractivity contribution in [3.05, 3.63) is 11.6 Å². The molecule has 0 aromatic carbocycles. The molecule has 0 spiro atoms. The Morgan fingerprint density at radius 1 is 1.07 bits per heavy atom. The highest BCUT2D eigenvalue weighted by molar-refractivity contribution is 5.86. The lowest BCUT2D eigenvalue weighted by Gasteiger charge is -2.33. The first kappa shape index (κ1) is 26.6. The van der Waals surface area contributed by atoms with Crippen molar-refractivity contribution in [1.82, 2.24) is 0 Å². The van der Waals surface area contributed by atoms with Gasteiger partial charge >= 0.3 is 11.9 Å². The second kappa shape index (κ2) is 15.3. The summed E-state index contributed by atoms with van der Waals surface area (Å²) in [5.41, 5.74) is 0.00726. The molecule has 1 aliphatic heterocycles. The first-order valence-corrected chi connectivity index (χ1v) is 10.9. The first-order chi connectivity index (χ1) is 14.5. The van der Waals surface area contributed by atoms with Gasteiger partial charge in [0.15, 0.2) is 0 Å². The quantitative estimate of drug-likeness (QED) is 0.201. The van der Waals surface area contributed by atoms with E-state index >= 15 is 0 Å². The molecular formula is C22H38O8. The molecule has 8 heteroatoms. The molecule has 0 saturated heterocycles. The summed E-state index contributed by atoms with van der Waals surface area (Å²) in [5.74, 6) is -2.94. The van der Waals surface area contributed by atoms with Crippen LogP contribution in [-0.2, 0) is 33.3 Å². The van der Waals surface area contributed by atoms with E-state index in [0.29, 0.717) is 13.0 Å². The van der Waals surface area contributed by atoms with Crippen LogP contribution in [0, 0.1) is 0 Å². The highest BCUT2D eigenvalue weighted by atomic mass is 16.7. The number of aliphatic hydroxyl groups excluding tert-OH is 1.